The Balaban J connectivity index is 0.000000203. The van der Waals surface area contributed by atoms with Crippen molar-refractivity contribution < 1.29 is 72.5 Å². The lowest BCUT2D eigenvalue weighted by Gasteiger charge is -2.18. The highest BCUT2D eigenvalue weighted by Gasteiger charge is 2.47. The summed E-state index contributed by atoms with van der Waals surface area (Å²) >= 11 is 32.1. The minimum Gasteiger partial charge on any atom is -0.394 e. The monoisotopic (exact) mass is 1190 g/mol. The number of ether oxygens (including phenoxy) is 2. The third kappa shape index (κ3) is 16.1. The van der Waals surface area contributed by atoms with Crippen LogP contribution in [0, 0.1) is 0 Å². The molecule has 0 saturated carbocycles. The quantitative estimate of drug-likeness (QED) is 0.0458. The zero-order chi connectivity index (χ0) is 52.1. The van der Waals surface area contributed by atoms with E-state index in [0.29, 0.717) is 24.4 Å². The highest BCUT2D eigenvalue weighted by molar-refractivity contribution is 8.21. The van der Waals surface area contributed by atoms with Crippen molar-refractivity contribution in [2.75, 3.05) is 35.7 Å². The predicted octanol–water partition coefficient (Wildman–Crippen LogP) is 4.83. The van der Waals surface area contributed by atoms with Gasteiger partial charge in [0.05, 0.1) is 13.2 Å². The van der Waals surface area contributed by atoms with E-state index in [1.807, 2.05) is 60.7 Å². The molecule has 8 rings (SSSR count). The molecule has 4 aromatic heterocycles. The Hall–Kier alpha value is -2.78. The molecule has 71 heavy (non-hydrogen) atoms. The van der Waals surface area contributed by atoms with Gasteiger partial charge >= 0.3 is 15.2 Å². The van der Waals surface area contributed by atoms with Crippen LogP contribution in [0.4, 0.5) is 11.6 Å². The fraction of sp³-hybridized carbons (Fsp3) is 0.412. The Morgan fingerprint density at radius 2 is 1.01 bits per heavy atom. The van der Waals surface area contributed by atoms with Gasteiger partial charge in [-0.2, -0.15) is 29.3 Å². The lowest BCUT2D eigenvalue weighted by Crippen LogP contribution is -2.33. The van der Waals surface area contributed by atoms with Crippen molar-refractivity contribution in [1.29, 1.82) is 0 Å². The van der Waals surface area contributed by atoms with Crippen molar-refractivity contribution in [2.24, 2.45) is 0 Å². The SMILES string of the molecule is O=P(Cl)(Cl)CP(=O)(Cl)Cl.O=P(O)(O)CP(=O)(O)OC[C@H]1O[C@@H](n2nnc3c(NCc4ccccc4)nc(Cl)nc32)[C@H](O)[C@@H]1O.OC[C@H]1O[C@@H](n2nnc3c(NCc4ccccc4)nc(Cl)nc32)[C@H](O)[C@@H]1O. The largest absolute Gasteiger partial charge is 0.394 e. The molecule has 1 unspecified atom stereocenters. The lowest BCUT2D eigenvalue weighted by molar-refractivity contribution is -0.0574. The molecule has 9 atom stereocenters. The molecule has 37 heteroatoms. The molecule has 27 nitrogen and oxygen atoms in total. The van der Waals surface area contributed by atoms with E-state index >= 15 is 0 Å². The first-order valence-corrected chi connectivity index (χ1v) is 31.7. The molecule has 6 heterocycles. The van der Waals surface area contributed by atoms with Crippen LogP contribution in [-0.4, -0.2) is 152 Å². The number of fused-ring (bicyclic) bond motifs is 2. The number of nitrogens with zero attached hydrogens (tertiary/aromatic N) is 10. The van der Waals surface area contributed by atoms with Crippen LogP contribution in [-0.2, 0) is 45.3 Å². The Labute approximate surface area is 429 Å². The van der Waals surface area contributed by atoms with Crippen molar-refractivity contribution in [3.63, 3.8) is 0 Å². The summed E-state index contributed by atoms with van der Waals surface area (Å²) in [6.45, 7) is -0.299. The van der Waals surface area contributed by atoms with E-state index in [4.69, 9.17) is 91.9 Å². The number of halogens is 6. The number of aliphatic hydroxyl groups excluding tert-OH is 5. The van der Waals surface area contributed by atoms with Crippen LogP contribution >= 0.6 is 95.1 Å². The zero-order valence-corrected chi connectivity index (χ0v) is 43.7. The van der Waals surface area contributed by atoms with Gasteiger partial charge in [-0.1, -0.05) is 71.1 Å². The third-order valence-corrected chi connectivity index (χ3v) is 19.9. The molecular formula is C34H40Cl6N12O15P4. The molecule has 2 aromatic carbocycles. The van der Waals surface area contributed by atoms with Gasteiger partial charge in [-0.25, -0.2) is 0 Å². The van der Waals surface area contributed by atoms with Crippen molar-refractivity contribution in [1.82, 2.24) is 49.9 Å². The van der Waals surface area contributed by atoms with Gasteiger partial charge in [0.25, 0.3) is 11.7 Å². The van der Waals surface area contributed by atoms with Crippen LogP contribution in [0.2, 0.25) is 10.6 Å². The first kappa shape index (κ1) is 57.5. The van der Waals surface area contributed by atoms with Crippen molar-refractivity contribution >= 4 is 129 Å². The average Bonchev–Trinajstić information content (AvgIpc) is 4.04. The van der Waals surface area contributed by atoms with Crippen LogP contribution in [0.3, 0.4) is 0 Å². The molecule has 6 aromatic rings. The average molecular weight is 1190 g/mol. The molecule has 0 bridgehead atoms. The van der Waals surface area contributed by atoms with E-state index in [0.717, 1.165) is 15.8 Å². The summed E-state index contributed by atoms with van der Waals surface area (Å²) in [7, 11) is -9.53. The maximum absolute atomic E-state index is 11.9. The second kappa shape index (κ2) is 24.3. The number of hydrogen-bond acceptors (Lipinski definition) is 22. The second-order valence-electron chi connectivity index (χ2n) is 15.1. The molecule has 0 spiro atoms. The fourth-order valence-electron chi connectivity index (χ4n) is 6.57. The van der Waals surface area contributed by atoms with E-state index in [-0.39, 0.29) is 33.2 Å². The van der Waals surface area contributed by atoms with Crippen LogP contribution in [0.25, 0.3) is 22.3 Å². The van der Waals surface area contributed by atoms with Gasteiger partial charge in [-0.3, -0.25) is 18.3 Å². The van der Waals surface area contributed by atoms with E-state index in [1.165, 1.54) is 4.68 Å². The minimum absolute atomic E-state index is 0.0339. The first-order chi connectivity index (χ1) is 33.2. The summed E-state index contributed by atoms with van der Waals surface area (Å²) in [5.41, 5.74) is 2.86. The van der Waals surface area contributed by atoms with Gasteiger partial charge in [-0.15, -0.1) is 10.2 Å². The van der Waals surface area contributed by atoms with Gasteiger partial charge < -0.3 is 64.8 Å². The molecular weight excluding hydrogens is 1150 g/mol. The third-order valence-electron chi connectivity index (χ3n) is 9.67. The number of rotatable bonds is 16. The summed E-state index contributed by atoms with van der Waals surface area (Å²) in [5.74, 6) is -8.03. The van der Waals surface area contributed by atoms with Gasteiger partial charge in [-0.05, 0) is 79.3 Å². The fourth-order valence-corrected chi connectivity index (χ4v) is 18.4. The van der Waals surface area contributed by atoms with Gasteiger partial charge in [0, 0.05) is 13.1 Å². The van der Waals surface area contributed by atoms with E-state index in [2.05, 4.69) is 51.2 Å². The van der Waals surface area contributed by atoms with Crippen LogP contribution in [0.15, 0.2) is 60.7 Å². The van der Waals surface area contributed by atoms with Gasteiger partial charge in [0.15, 0.2) is 52.3 Å². The molecule has 0 amide bonds. The summed E-state index contributed by atoms with van der Waals surface area (Å²) < 4.78 is 61.7. The Bertz CT molecular complexity index is 2940. The Kier molecular flexibility index (Phi) is 19.6. The van der Waals surface area contributed by atoms with Crippen LogP contribution in [0.5, 0.6) is 0 Å². The number of anilines is 2. The molecule has 2 aliphatic rings. The van der Waals surface area contributed by atoms with Crippen LogP contribution < -0.4 is 10.6 Å². The highest BCUT2D eigenvalue weighted by Crippen LogP contribution is 2.72. The summed E-state index contributed by atoms with van der Waals surface area (Å²) in [6, 6.07) is 19.1. The van der Waals surface area contributed by atoms with Crippen molar-refractivity contribution in [3.05, 3.63) is 82.4 Å². The molecule has 388 valence electrons. The molecule has 0 radical (unpaired) electrons. The van der Waals surface area contributed by atoms with E-state index < -0.39 is 101 Å². The van der Waals surface area contributed by atoms with Crippen LogP contribution in [0.1, 0.15) is 23.6 Å². The maximum Gasteiger partial charge on any atom is 0.340 e. The highest BCUT2D eigenvalue weighted by atomic mass is 35.9. The number of aromatic nitrogens is 10. The molecule has 2 saturated heterocycles. The molecule has 2 aliphatic heterocycles. The smallest absolute Gasteiger partial charge is 0.340 e. The normalized spacial score (nSPS) is 23.4. The number of aliphatic hydroxyl groups is 5. The zero-order valence-electron chi connectivity index (χ0n) is 35.6. The molecule has 10 N–H and O–H groups in total. The lowest BCUT2D eigenvalue weighted by atomic mass is 10.1. The standard InChI is InChI=1S/C17H21ClN6O9P2.C16H17ClN6O4.CH2Cl4O2P2/c18-17-20-14(19-6-9-4-2-1-3-5-9)11-15(21-17)24(23-22-11)16-13(26)12(25)10(33-16)7-32-35(30,31)8-34(27,28)29;17-16-19-13(18-6-8-4-2-1-3-5-8)10-14(20-16)23(22-21-10)15-12(26)11(25)9(7-24)27-15;2-8(3,6)1-9(4,5)7/h1-5,10,12-13,16,25-26H,6-8H2,(H,30,31)(H,19,20,21)(H2,27,28,29);1-5,9,11-12,15,24-26H,6-7H2,(H,18,19,20);1H2/t10-,12-,13-,16-;9-,11-,12-,15-;/m11./s1. The Morgan fingerprint density at radius 3 is 1.38 bits per heavy atom. The van der Waals surface area contributed by atoms with Crippen molar-refractivity contribution in [3.8, 4) is 0 Å². The second-order valence-corrected chi connectivity index (χ2v) is 30.7. The van der Waals surface area contributed by atoms with Gasteiger partial charge in [0.1, 0.15) is 42.5 Å². The topological polar surface area (TPSA) is 395 Å². The molecule has 2 fully saturated rings. The maximum atomic E-state index is 11.9. The van der Waals surface area contributed by atoms with E-state index in [9.17, 15) is 48.7 Å². The van der Waals surface area contributed by atoms with Gasteiger partial charge in [0.2, 0.25) is 10.6 Å². The summed E-state index contributed by atoms with van der Waals surface area (Å²) in [6.07, 6.45) is -10.4. The predicted molar refractivity (Wildman–Crippen MR) is 259 cm³/mol. The number of nitrogens with one attached hydrogen (secondary N) is 2. The summed E-state index contributed by atoms with van der Waals surface area (Å²) in [5, 5.41) is 72.3. The first-order valence-electron chi connectivity index (χ1n) is 20.0. The molecule has 0 aliphatic carbocycles. The number of benzene rings is 2. The number of hydrogen-bond donors (Lipinski definition) is 10. The van der Waals surface area contributed by atoms with Crippen molar-refractivity contribution in [2.45, 2.75) is 62.2 Å². The van der Waals surface area contributed by atoms with E-state index in [1.54, 1.807) is 0 Å². The summed E-state index contributed by atoms with van der Waals surface area (Å²) in [4.78, 5) is 43.9. The minimum atomic E-state index is -4.84. The Morgan fingerprint density at radius 1 is 0.606 bits per heavy atom.